The van der Waals surface area contributed by atoms with Crippen LogP contribution in [0, 0.1) is 25.2 Å². The summed E-state index contributed by atoms with van der Waals surface area (Å²) in [5, 5.41) is 22.3. The Bertz CT molecular complexity index is 1450. The molecule has 1 N–H and O–H groups in total. The molecule has 0 bridgehead atoms. The number of pyridine rings is 1. The molecule has 0 radical (unpaired) electrons. The van der Waals surface area contributed by atoms with E-state index in [1.807, 2.05) is 54.8 Å². The number of carbonyl (C=O) groups is 1. The van der Waals surface area contributed by atoms with Gasteiger partial charge in [-0.05, 0) is 68.7 Å². The van der Waals surface area contributed by atoms with E-state index in [2.05, 4.69) is 31.1 Å². The van der Waals surface area contributed by atoms with E-state index in [0.717, 1.165) is 46.9 Å². The normalized spacial score (nSPS) is 12.8. The third-order valence-corrected chi connectivity index (χ3v) is 7.20. The van der Waals surface area contributed by atoms with Crippen LogP contribution in [0.25, 0.3) is 17.1 Å². The zero-order chi connectivity index (χ0) is 25.2. The van der Waals surface area contributed by atoms with Crippen LogP contribution in [-0.2, 0) is 4.79 Å². The fourth-order valence-corrected chi connectivity index (χ4v) is 4.95. The van der Waals surface area contributed by atoms with Crippen molar-refractivity contribution in [1.29, 1.82) is 5.26 Å². The molecule has 0 spiro atoms. The average molecular weight is 500 g/mol. The number of aromatic nitrogens is 5. The van der Waals surface area contributed by atoms with Gasteiger partial charge in [0.1, 0.15) is 17.6 Å². The molecule has 3 aromatic heterocycles. The molecule has 4 aromatic rings. The average Bonchev–Trinajstić information content (AvgIpc) is 3.61. The van der Waals surface area contributed by atoms with Gasteiger partial charge in [-0.15, -0.1) is 10.2 Å². The van der Waals surface area contributed by atoms with Gasteiger partial charge in [-0.25, -0.2) is 0 Å². The van der Waals surface area contributed by atoms with Crippen LogP contribution in [0.1, 0.15) is 35.7 Å². The summed E-state index contributed by atoms with van der Waals surface area (Å²) in [7, 11) is 1.61. The van der Waals surface area contributed by atoms with E-state index < -0.39 is 0 Å². The van der Waals surface area contributed by atoms with Crippen molar-refractivity contribution in [3.05, 3.63) is 65.6 Å². The van der Waals surface area contributed by atoms with Crippen LogP contribution in [0.4, 0.5) is 5.82 Å². The predicted octanol–water partition coefficient (Wildman–Crippen LogP) is 4.69. The fraction of sp³-hybridized carbons (Fsp3) is 0.269. The number of ether oxygens (including phenoxy) is 1. The van der Waals surface area contributed by atoms with Crippen LogP contribution in [0.2, 0.25) is 0 Å². The maximum atomic E-state index is 13.1. The molecule has 1 aliphatic carbocycles. The van der Waals surface area contributed by atoms with Crippen molar-refractivity contribution in [1.82, 2.24) is 24.3 Å². The van der Waals surface area contributed by atoms with E-state index in [4.69, 9.17) is 4.74 Å². The molecular formula is C26H25N7O2S. The molecule has 0 aliphatic heterocycles. The summed E-state index contributed by atoms with van der Waals surface area (Å²) >= 11 is 1.34. The quantitative estimate of drug-likeness (QED) is 0.350. The highest BCUT2D eigenvalue weighted by atomic mass is 32.2. The minimum absolute atomic E-state index is 0.137. The highest BCUT2D eigenvalue weighted by Gasteiger charge is 2.30. The minimum Gasteiger partial charge on any atom is -0.497 e. The SMILES string of the molecule is COc1ccc(-n2c(C)c(C)c(C#N)c2NC(=O)CSc2nnc(-c3ccncc3)n2C2CC2)cc1. The Kier molecular flexibility index (Phi) is 6.48. The molecule has 36 heavy (non-hydrogen) atoms. The van der Waals surface area contributed by atoms with Crippen LogP contribution in [0.15, 0.2) is 53.9 Å². The zero-order valence-corrected chi connectivity index (χ0v) is 21.0. The highest BCUT2D eigenvalue weighted by molar-refractivity contribution is 7.99. The monoisotopic (exact) mass is 499 g/mol. The van der Waals surface area contributed by atoms with Gasteiger partial charge in [0.25, 0.3) is 0 Å². The molecule has 1 amide bonds. The first-order valence-electron chi connectivity index (χ1n) is 11.6. The van der Waals surface area contributed by atoms with E-state index in [9.17, 15) is 10.1 Å². The molecule has 1 aromatic carbocycles. The Balaban J connectivity index is 1.38. The Hall–Kier alpha value is -4.10. The van der Waals surface area contributed by atoms with E-state index in [-0.39, 0.29) is 11.7 Å². The highest BCUT2D eigenvalue weighted by Crippen LogP contribution is 2.41. The summed E-state index contributed by atoms with van der Waals surface area (Å²) in [6.07, 6.45) is 5.59. The first-order valence-corrected chi connectivity index (χ1v) is 12.5. The first-order chi connectivity index (χ1) is 17.5. The van der Waals surface area contributed by atoms with Crippen LogP contribution < -0.4 is 10.1 Å². The Morgan fingerprint density at radius 1 is 1.17 bits per heavy atom. The second kappa shape index (κ2) is 9.87. The van der Waals surface area contributed by atoms with Gasteiger partial charge in [0.15, 0.2) is 11.0 Å². The molecular weight excluding hydrogens is 474 g/mol. The Morgan fingerprint density at radius 3 is 2.53 bits per heavy atom. The summed E-state index contributed by atoms with van der Waals surface area (Å²) in [5.74, 6) is 1.89. The molecule has 3 heterocycles. The molecule has 10 heteroatoms. The number of hydrogen-bond acceptors (Lipinski definition) is 7. The molecule has 0 unspecified atom stereocenters. The molecule has 9 nitrogen and oxygen atoms in total. The van der Waals surface area contributed by atoms with Crippen molar-refractivity contribution in [3.63, 3.8) is 0 Å². The summed E-state index contributed by atoms with van der Waals surface area (Å²) in [5.41, 5.74) is 3.93. The maximum Gasteiger partial charge on any atom is 0.236 e. The standard InChI is InChI=1S/C26H25N7O2S/c1-16-17(2)32(19-6-8-21(35-3)9-7-19)25(22(16)14-27)29-23(34)15-36-26-31-30-24(33(26)20-4-5-20)18-10-12-28-13-11-18/h6-13,20H,4-5,15H2,1-3H3,(H,29,34). The molecule has 0 atom stereocenters. The number of rotatable bonds is 8. The van der Waals surface area contributed by atoms with Crippen molar-refractivity contribution in [3.8, 4) is 28.9 Å². The van der Waals surface area contributed by atoms with Crippen molar-refractivity contribution in [2.24, 2.45) is 0 Å². The summed E-state index contributed by atoms with van der Waals surface area (Å²) in [4.78, 5) is 17.2. The van der Waals surface area contributed by atoms with Crippen LogP contribution in [0.5, 0.6) is 5.75 Å². The fourth-order valence-electron chi connectivity index (χ4n) is 4.15. The van der Waals surface area contributed by atoms with Gasteiger partial charge in [0.2, 0.25) is 5.91 Å². The number of thioether (sulfide) groups is 1. The molecule has 1 fully saturated rings. The smallest absolute Gasteiger partial charge is 0.236 e. The largest absolute Gasteiger partial charge is 0.497 e. The Morgan fingerprint density at radius 2 is 1.89 bits per heavy atom. The molecule has 1 aliphatic rings. The number of benzene rings is 1. The van der Waals surface area contributed by atoms with Gasteiger partial charge in [-0.2, -0.15) is 5.26 Å². The summed E-state index contributed by atoms with van der Waals surface area (Å²) < 4.78 is 9.27. The molecule has 1 saturated carbocycles. The van der Waals surface area contributed by atoms with Crippen molar-refractivity contribution in [2.75, 3.05) is 18.2 Å². The van der Waals surface area contributed by atoms with E-state index in [0.29, 0.717) is 22.6 Å². The van der Waals surface area contributed by atoms with E-state index in [1.54, 1.807) is 19.5 Å². The second-order valence-corrected chi connectivity index (χ2v) is 9.50. The zero-order valence-electron chi connectivity index (χ0n) is 20.2. The van der Waals surface area contributed by atoms with Gasteiger partial charge < -0.3 is 10.1 Å². The van der Waals surface area contributed by atoms with E-state index >= 15 is 0 Å². The first kappa shape index (κ1) is 23.6. The third kappa shape index (κ3) is 4.45. The lowest BCUT2D eigenvalue weighted by molar-refractivity contribution is -0.113. The number of amides is 1. The van der Waals surface area contributed by atoms with Gasteiger partial charge in [-0.1, -0.05) is 11.8 Å². The van der Waals surface area contributed by atoms with E-state index in [1.165, 1.54) is 11.8 Å². The number of nitrogens with zero attached hydrogens (tertiary/aromatic N) is 6. The lowest BCUT2D eigenvalue weighted by Crippen LogP contribution is -2.18. The Labute approximate surface area is 213 Å². The van der Waals surface area contributed by atoms with Gasteiger partial charge in [0.05, 0.1) is 18.4 Å². The number of methoxy groups -OCH3 is 1. The van der Waals surface area contributed by atoms with Gasteiger partial charge in [-0.3, -0.25) is 18.9 Å². The lowest BCUT2D eigenvalue weighted by atomic mass is 10.2. The van der Waals surface area contributed by atoms with Crippen molar-refractivity contribution < 1.29 is 9.53 Å². The number of nitriles is 1. The predicted molar refractivity (Wildman–Crippen MR) is 137 cm³/mol. The molecule has 182 valence electrons. The van der Waals surface area contributed by atoms with Crippen molar-refractivity contribution in [2.45, 2.75) is 37.9 Å². The molecule has 0 saturated heterocycles. The summed E-state index contributed by atoms with van der Waals surface area (Å²) in [6, 6.07) is 13.9. The number of hydrogen-bond donors (Lipinski definition) is 1. The number of anilines is 1. The van der Waals surface area contributed by atoms with Crippen LogP contribution in [-0.4, -0.2) is 43.1 Å². The van der Waals surface area contributed by atoms with Crippen molar-refractivity contribution >= 4 is 23.5 Å². The van der Waals surface area contributed by atoms with Crippen LogP contribution in [0.3, 0.4) is 0 Å². The second-order valence-electron chi connectivity index (χ2n) is 8.56. The third-order valence-electron chi connectivity index (χ3n) is 6.26. The summed E-state index contributed by atoms with van der Waals surface area (Å²) in [6.45, 7) is 3.82. The van der Waals surface area contributed by atoms with Crippen LogP contribution >= 0.6 is 11.8 Å². The van der Waals surface area contributed by atoms with Gasteiger partial charge >= 0.3 is 0 Å². The topological polar surface area (TPSA) is 111 Å². The number of carbonyl (C=O) groups excluding carboxylic acids is 1. The lowest BCUT2D eigenvalue weighted by Gasteiger charge is -2.14. The molecule has 5 rings (SSSR count). The van der Waals surface area contributed by atoms with Gasteiger partial charge in [0, 0.05) is 35.4 Å². The number of nitrogens with one attached hydrogen (secondary N) is 1. The maximum absolute atomic E-state index is 13.1. The minimum atomic E-state index is -0.223.